The minimum atomic E-state index is -0.161. The molecule has 1 N–H and O–H groups in total. The van der Waals surface area contributed by atoms with E-state index in [4.69, 9.17) is 9.15 Å². The molecule has 4 nitrogen and oxygen atoms in total. The first-order valence-corrected chi connectivity index (χ1v) is 9.37. The molecule has 0 saturated heterocycles. The third-order valence-corrected chi connectivity index (χ3v) is 5.27. The number of hydrogen-bond acceptors (Lipinski definition) is 3. The van der Waals surface area contributed by atoms with Crippen LogP contribution < -0.4 is 10.1 Å². The van der Waals surface area contributed by atoms with Crippen LogP contribution in [0, 0.1) is 34.6 Å². The number of anilines is 1. The number of carbonyl (C=O) groups excluding carboxylic acids is 1. The Balaban J connectivity index is 2.02. The van der Waals surface area contributed by atoms with E-state index >= 15 is 0 Å². The lowest BCUT2D eigenvalue weighted by Crippen LogP contribution is -2.10. The highest BCUT2D eigenvalue weighted by molar-refractivity contribution is 6.05. The van der Waals surface area contributed by atoms with Crippen molar-refractivity contribution >= 4 is 28.1 Å². The van der Waals surface area contributed by atoms with Gasteiger partial charge in [0, 0.05) is 28.3 Å². The second kappa shape index (κ2) is 7.55. The van der Waals surface area contributed by atoms with Gasteiger partial charge in [0.2, 0.25) is 5.91 Å². The molecule has 146 valence electrons. The molecule has 1 heterocycles. The Kier molecular flexibility index (Phi) is 5.32. The Hall–Kier alpha value is -3.01. The van der Waals surface area contributed by atoms with Gasteiger partial charge in [-0.25, -0.2) is 0 Å². The molecule has 0 saturated carbocycles. The van der Waals surface area contributed by atoms with Gasteiger partial charge in [0.05, 0.1) is 7.11 Å². The zero-order chi connectivity index (χ0) is 20.6. The molecule has 0 aliphatic heterocycles. The molecule has 0 aliphatic carbocycles. The van der Waals surface area contributed by atoms with E-state index in [1.807, 2.05) is 65.8 Å². The van der Waals surface area contributed by atoms with E-state index in [0.717, 1.165) is 61.6 Å². The van der Waals surface area contributed by atoms with E-state index in [1.165, 1.54) is 0 Å². The first-order chi connectivity index (χ1) is 13.2. The van der Waals surface area contributed by atoms with Crippen LogP contribution in [-0.4, -0.2) is 13.0 Å². The maximum atomic E-state index is 12.6. The van der Waals surface area contributed by atoms with Gasteiger partial charge in [-0.3, -0.25) is 4.79 Å². The number of furan rings is 1. The maximum absolute atomic E-state index is 12.6. The van der Waals surface area contributed by atoms with E-state index in [9.17, 15) is 4.79 Å². The van der Waals surface area contributed by atoms with Gasteiger partial charge in [-0.15, -0.1) is 0 Å². The van der Waals surface area contributed by atoms with Crippen LogP contribution in [0.2, 0.25) is 0 Å². The molecule has 2 aromatic carbocycles. The van der Waals surface area contributed by atoms with Crippen molar-refractivity contribution < 1.29 is 13.9 Å². The maximum Gasteiger partial charge on any atom is 0.248 e. The lowest BCUT2D eigenvalue weighted by atomic mass is 9.98. The van der Waals surface area contributed by atoms with Crippen LogP contribution in [-0.2, 0) is 4.79 Å². The van der Waals surface area contributed by atoms with E-state index in [-0.39, 0.29) is 5.91 Å². The van der Waals surface area contributed by atoms with Crippen LogP contribution in [0.5, 0.6) is 5.75 Å². The summed E-state index contributed by atoms with van der Waals surface area (Å²) in [4.78, 5) is 12.6. The van der Waals surface area contributed by atoms with Crippen LogP contribution in [0.15, 0.2) is 34.8 Å². The fourth-order valence-corrected chi connectivity index (χ4v) is 3.48. The molecule has 28 heavy (non-hydrogen) atoms. The first-order valence-electron chi connectivity index (χ1n) is 9.37. The summed E-state index contributed by atoms with van der Waals surface area (Å²) < 4.78 is 11.6. The van der Waals surface area contributed by atoms with E-state index in [0.29, 0.717) is 0 Å². The second-order valence-corrected chi connectivity index (χ2v) is 7.38. The Morgan fingerprint density at radius 3 is 2.46 bits per heavy atom. The molecule has 1 amide bonds. The van der Waals surface area contributed by atoms with E-state index in [2.05, 4.69) is 5.32 Å². The zero-order valence-corrected chi connectivity index (χ0v) is 17.6. The van der Waals surface area contributed by atoms with Crippen LogP contribution in [0.1, 0.15) is 40.5 Å². The van der Waals surface area contributed by atoms with Crippen molar-refractivity contribution in [1.29, 1.82) is 0 Å². The number of hydrogen-bond donors (Lipinski definition) is 1. The molecular formula is C24H27NO3. The van der Waals surface area contributed by atoms with Gasteiger partial charge in [-0.1, -0.05) is 12.1 Å². The van der Waals surface area contributed by atoms with Crippen LogP contribution in [0.3, 0.4) is 0 Å². The number of carbonyl (C=O) groups is 1. The van der Waals surface area contributed by atoms with Crippen molar-refractivity contribution in [2.75, 3.05) is 12.4 Å². The summed E-state index contributed by atoms with van der Waals surface area (Å²) in [7, 11) is 1.64. The van der Waals surface area contributed by atoms with Gasteiger partial charge in [-0.05, 0) is 75.9 Å². The quantitative estimate of drug-likeness (QED) is 0.565. The number of fused-ring (bicyclic) bond motifs is 1. The summed E-state index contributed by atoms with van der Waals surface area (Å²) in [6.45, 7) is 11.9. The third-order valence-electron chi connectivity index (χ3n) is 5.27. The monoisotopic (exact) mass is 377 g/mol. The highest BCUT2D eigenvalue weighted by Crippen LogP contribution is 2.38. The number of benzene rings is 2. The molecule has 4 heteroatoms. The summed E-state index contributed by atoms with van der Waals surface area (Å²) in [5.41, 5.74) is 7.58. The molecule has 3 rings (SSSR count). The number of nitrogens with one attached hydrogen (secondary N) is 1. The molecule has 0 unspecified atom stereocenters. The average molecular weight is 377 g/mol. The van der Waals surface area contributed by atoms with Crippen molar-refractivity contribution in [3.8, 4) is 5.75 Å². The molecule has 0 atom stereocenters. The van der Waals surface area contributed by atoms with Gasteiger partial charge < -0.3 is 14.5 Å². The first kappa shape index (κ1) is 19.7. The smallest absolute Gasteiger partial charge is 0.248 e. The number of rotatable bonds is 4. The van der Waals surface area contributed by atoms with Crippen LogP contribution >= 0.6 is 0 Å². The number of methoxy groups -OCH3 is 1. The molecule has 0 spiro atoms. The Morgan fingerprint density at radius 1 is 1.07 bits per heavy atom. The predicted octanol–water partition coefficient (Wildman–Crippen LogP) is 6.03. The normalized spacial score (nSPS) is 11.8. The van der Waals surface area contributed by atoms with Gasteiger partial charge >= 0.3 is 0 Å². The van der Waals surface area contributed by atoms with Gasteiger partial charge in [0.25, 0.3) is 0 Å². The minimum absolute atomic E-state index is 0.161. The summed E-state index contributed by atoms with van der Waals surface area (Å²) >= 11 is 0. The second-order valence-electron chi connectivity index (χ2n) is 7.38. The van der Waals surface area contributed by atoms with E-state index < -0.39 is 0 Å². The molecular weight excluding hydrogens is 350 g/mol. The van der Waals surface area contributed by atoms with E-state index in [1.54, 1.807) is 13.2 Å². The molecule has 0 radical (unpaired) electrons. The van der Waals surface area contributed by atoms with Crippen molar-refractivity contribution in [1.82, 2.24) is 0 Å². The summed E-state index contributed by atoms with van der Waals surface area (Å²) in [6.07, 6.45) is 1.62. The molecule has 0 bridgehead atoms. The molecule has 0 fully saturated rings. The fraction of sp³-hybridized carbons (Fsp3) is 0.292. The van der Waals surface area contributed by atoms with Gasteiger partial charge in [0.15, 0.2) is 0 Å². The van der Waals surface area contributed by atoms with Crippen molar-refractivity contribution in [3.05, 3.63) is 63.9 Å². The van der Waals surface area contributed by atoms with Gasteiger partial charge in [-0.2, -0.15) is 0 Å². The number of aryl methyl sites for hydroxylation is 5. The van der Waals surface area contributed by atoms with Gasteiger partial charge in [0.1, 0.15) is 17.1 Å². The average Bonchev–Trinajstić information content (AvgIpc) is 2.93. The van der Waals surface area contributed by atoms with Crippen molar-refractivity contribution in [2.45, 2.75) is 41.5 Å². The highest BCUT2D eigenvalue weighted by Gasteiger charge is 2.18. The zero-order valence-electron chi connectivity index (χ0n) is 17.6. The van der Waals surface area contributed by atoms with Crippen LogP contribution in [0.25, 0.3) is 16.5 Å². The summed E-state index contributed by atoms with van der Waals surface area (Å²) in [5, 5.41) is 4.03. The Labute approximate surface area is 166 Å². The Morgan fingerprint density at radius 2 is 1.79 bits per heavy atom. The topological polar surface area (TPSA) is 51.5 Å². The molecule has 1 aromatic heterocycles. The van der Waals surface area contributed by atoms with Crippen molar-refractivity contribution in [3.63, 3.8) is 0 Å². The van der Waals surface area contributed by atoms with Crippen LogP contribution in [0.4, 0.5) is 5.69 Å². The minimum Gasteiger partial charge on any atom is -0.496 e. The number of allylic oxidation sites excluding steroid dienone is 1. The SMILES string of the molecule is COc1c(/C(C)=C/C(=O)Nc2cc(C)ccc2C)cc2c(C)c(C)oc2c1C. The lowest BCUT2D eigenvalue weighted by Gasteiger charge is -2.13. The standard InChI is InChI=1S/C24H27NO3/c1-13-8-9-14(2)21(10-13)25-22(26)11-15(3)19-12-20-16(4)18(6)28-24(20)17(5)23(19)27-7/h8-12H,1-7H3,(H,25,26)/b15-11+. The third kappa shape index (κ3) is 3.55. The van der Waals surface area contributed by atoms with Crippen molar-refractivity contribution in [2.24, 2.45) is 0 Å². The number of ether oxygens (including phenoxy) is 1. The number of amides is 1. The fourth-order valence-electron chi connectivity index (χ4n) is 3.48. The summed E-state index contributed by atoms with van der Waals surface area (Å²) in [6, 6.07) is 8.06. The summed E-state index contributed by atoms with van der Waals surface area (Å²) in [5.74, 6) is 1.47. The highest BCUT2D eigenvalue weighted by atomic mass is 16.5. The molecule has 3 aromatic rings. The molecule has 0 aliphatic rings. The predicted molar refractivity (Wildman–Crippen MR) is 115 cm³/mol. The largest absolute Gasteiger partial charge is 0.496 e. The Bertz CT molecular complexity index is 1100. The lowest BCUT2D eigenvalue weighted by molar-refractivity contribution is -0.111.